The first-order valence-electron chi connectivity index (χ1n) is 3.89. The number of rotatable bonds is 3. The molecule has 0 fully saturated rings. The summed E-state index contributed by atoms with van der Waals surface area (Å²) in [6.07, 6.45) is -0.0663. The van der Waals surface area contributed by atoms with E-state index < -0.39 is 0 Å². The van der Waals surface area contributed by atoms with Crippen LogP contribution in [0.5, 0.6) is 0 Å². The van der Waals surface area contributed by atoms with Crippen molar-refractivity contribution in [2.75, 3.05) is 0 Å². The number of carbonyl (C=O) groups is 1. The molecule has 0 saturated carbocycles. The summed E-state index contributed by atoms with van der Waals surface area (Å²) in [5, 5.41) is 14.9. The van der Waals surface area contributed by atoms with E-state index >= 15 is 0 Å². The van der Waals surface area contributed by atoms with Crippen molar-refractivity contribution in [3.8, 4) is 6.07 Å². The summed E-state index contributed by atoms with van der Waals surface area (Å²) in [5.41, 5.74) is 2.30. The normalized spacial score (nSPS) is 9.23. The van der Waals surface area contributed by atoms with Crippen LogP contribution in [0.2, 0.25) is 0 Å². The first-order chi connectivity index (χ1) is 6.24. The molecule has 0 aromatic carbocycles. The second kappa shape index (κ2) is 4.63. The van der Waals surface area contributed by atoms with Crippen LogP contribution in [0.4, 0.5) is 0 Å². The third-order valence-corrected chi connectivity index (χ3v) is 2.59. The molecule has 4 heteroatoms. The van der Waals surface area contributed by atoms with Gasteiger partial charge in [0.2, 0.25) is 5.91 Å². The molecule has 13 heavy (non-hydrogen) atoms. The summed E-state index contributed by atoms with van der Waals surface area (Å²) in [5.74, 6) is -0.215. The predicted octanol–water partition coefficient (Wildman–Crippen LogP) is 1.59. The Hall–Kier alpha value is -1.34. The van der Waals surface area contributed by atoms with Crippen LogP contribution in [0.25, 0.3) is 0 Å². The Kier molecular flexibility index (Phi) is 3.47. The minimum atomic E-state index is -0.215. The van der Waals surface area contributed by atoms with Crippen molar-refractivity contribution >= 4 is 17.2 Å². The van der Waals surface area contributed by atoms with Crippen molar-refractivity contribution in [1.82, 2.24) is 5.32 Å². The zero-order valence-electron chi connectivity index (χ0n) is 7.33. The van der Waals surface area contributed by atoms with Gasteiger partial charge in [0, 0.05) is 6.54 Å². The van der Waals surface area contributed by atoms with E-state index in [0.717, 1.165) is 5.56 Å². The molecule has 0 radical (unpaired) electrons. The smallest absolute Gasteiger partial charge is 0.234 e. The molecule has 3 nitrogen and oxygen atoms in total. The molecule has 0 saturated heterocycles. The highest BCUT2D eigenvalue weighted by Crippen LogP contribution is 2.12. The second-order valence-electron chi connectivity index (χ2n) is 2.69. The summed E-state index contributed by atoms with van der Waals surface area (Å²) >= 11 is 1.61. The van der Waals surface area contributed by atoms with E-state index in [9.17, 15) is 4.79 Å². The van der Waals surface area contributed by atoms with E-state index in [1.807, 2.05) is 17.7 Å². The highest BCUT2D eigenvalue weighted by atomic mass is 32.1. The van der Waals surface area contributed by atoms with Gasteiger partial charge in [0.25, 0.3) is 0 Å². The molecule has 0 atom stereocenters. The number of aryl methyl sites for hydroxylation is 1. The minimum absolute atomic E-state index is 0.0663. The minimum Gasteiger partial charge on any atom is -0.351 e. The summed E-state index contributed by atoms with van der Waals surface area (Å²) in [7, 11) is 0. The molecule has 0 bridgehead atoms. The van der Waals surface area contributed by atoms with Crippen LogP contribution in [-0.2, 0) is 11.3 Å². The third-order valence-electron chi connectivity index (χ3n) is 1.68. The van der Waals surface area contributed by atoms with Gasteiger partial charge in [0.05, 0.1) is 6.07 Å². The van der Waals surface area contributed by atoms with Gasteiger partial charge >= 0.3 is 0 Å². The predicted molar refractivity (Wildman–Crippen MR) is 51.1 cm³/mol. The molecule has 68 valence electrons. The van der Waals surface area contributed by atoms with Crippen LogP contribution in [0.15, 0.2) is 10.8 Å². The number of hydrogen-bond donors (Lipinski definition) is 1. The van der Waals surface area contributed by atoms with Crippen molar-refractivity contribution in [1.29, 1.82) is 5.26 Å². The lowest BCUT2D eigenvalue weighted by atomic mass is 10.2. The first kappa shape index (κ1) is 9.75. The van der Waals surface area contributed by atoms with E-state index in [2.05, 4.69) is 5.32 Å². The van der Waals surface area contributed by atoms with Crippen molar-refractivity contribution in [3.63, 3.8) is 0 Å². The van der Waals surface area contributed by atoms with E-state index in [0.29, 0.717) is 6.54 Å². The van der Waals surface area contributed by atoms with Gasteiger partial charge in [-0.15, -0.1) is 0 Å². The molecule has 1 N–H and O–H groups in total. The molecular formula is C9H10N2OS. The maximum Gasteiger partial charge on any atom is 0.234 e. The number of carbonyl (C=O) groups excluding carboxylic acids is 1. The molecule has 0 unspecified atom stereocenters. The van der Waals surface area contributed by atoms with Crippen molar-refractivity contribution in [2.24, 2.45) is 0 Å². The van der Waals surface area contributed by atoms with Crippen molar-refractivity contribution < 1.29 is 4.79 Å². The van der Waals surface area contributed by atoms with Crippen molar-refractivity contribution in [2.45, 2.75) is 19.9 Å². The highest BCUT2D eigenvalue weighted by molar-refractivity contribution is 7.08. The van der Waals surface area contributed by atoms with Gasteiger partial charge in [-0.05, 0) is 28.8 Å². The lowest BCUT2D eigenvalue weighted by Crippen LogP contribution is -2.21. The largest absolute Gasteiger partial charge is 0.351 e. The summed E-state index contributed by atoms with van der Waals surface area (Å²) in [6, 6.07) is 1.80. The maximum atomic E-state index is 10.9. The average molecular weight is 194 g/mol. The summed E-state index contributed by atoms with van der Waals surface area (Å²) in [4.78, 5) is 10.9. The van der Waals surface area contributed by atoms with Gasteiger partial charge in [-0.3, -0.25) is 4.79 Å². The van der Waals surface area contributed by atoms with Gasteiger partial charge in [-0.1, -0.05) is 0 Å². The monoisotopic (exact) mass is 194 g/mol. The van der Waals surface area contributed by atoms with Gasteiger partial charge in [0.15, 0.2) is 0 Å². The number of amides is 1. The Morgan fingerprint density at radius 2 is 2.46 bits per heavy atom. The SMILES string of the molecule is Cc1cscc1CNC(=O)CC#N. The number of nitrogens with zero attached hydrogens (tertiary/aromatic N) is 1. The Labute approximate surface area is 81.0 Å². The van der Waals surface area contributed by atoms with Crippen LogP contribution in [-0.4, -0.2) is 5.91 Å². The molecule has 0 aliphatic carbocycles. The van der Waals surface area contributed by atoms with Gasteiger partial charge in [-0.25, -0.2) is 0 Å². The molecule has 1 amide bonds. The standard InChI is InChI=1S/C9H10N2OS/c1-7-5-13-6-8(7)4-11-9(12)2-3-10/h5-6H,2,4H2,1H3,(H,11,12). The first-order valence-corrected chi connectivity index (χ1v) is 4.83. The fourth-order valence-electron chi connectivity index (χ4n) is 0.896. The molecule has 1 rings (SSSR count). The Morgan fingerprint density at radius 1 is 1.69 bits per heavy atom. The Bertz CT molecular complexity index is 338. The van der Waals surface area contributed by atoms with E-state index in [1.165, 1.54) is 5.56 Å². The number of thiophene rings is 1. The van der Waals surface area contributed by atoms with Crippen LogP contribution in [0, 0.1) is 18.3 Å². The van der Waals surface area contributed by atoms with E-state index in [-0.39, 0.29) is 12.3 Å². The molecule has 1 aromatic heterocycles. The number of nitriles is 1. The van der Waals surface area contributed by atoms with Crippen molar-refractivity contribution in [3.05, 3.63) is 21.9 Å². The zero-order chi connectivity index (χ0) is 9.68. The average Bonchev–Trinajstić information content (AvgIpc) is 2.48. The topological polar surface area (TPSA) is 52.9 Å². The van der Waals surface area contributed by atoms with Crippen LogP contribution in [0.1, 0.15) is 17.5 Å². The molecule has 0 spiro atoms. The van der Waals surface area contributed by atoms with E-state index in [1.54, 1.807) is 17.4 Å². The highest BCUT2D eigenvalue weighted by Gasteiger charge is 2.02. The fourth-order valence-corrected chi connectivity index (χ4v) is 1.75. The fraction of sp³-hybridized carbons (Fsp3) is 0.333. The Balaban J connectivity index is 2.40. The molecule has 0 aliphatic rings. The number of hydrogen-bond acceptors (Lipinski definition) is 3. The summed E-state index contributed by atoms with van der Waals surface area (Å²) < 4.78 is 0. The third kappa shape index (κ3) is 2.88. The lowest BCUT2D eigenvalue weighted by Gasteiger charge is -2.01. The van der Waals surface area contributed by atoms with Gasteiger partial charge in [-0.2, -0.15) is 16.6 Å². The quantitative estimate of drug-likeness (QED) is 0.794. The molecule has 0 aliphatic heterocycles. The Morgan fingerprint density at radius 3 is 3.00 bits per heavy atom. The van der Waals surface area contributed by atoms with Gasteiger partial charge < -0.3 is 5.32 Å². The maximum absolute atomic E-state index is 10.9. The molecule has 1 heterocycles. The van der Waals surface area contributed by atoms with E-state index in [4.69, 9.17) is 5.26 Å². The number of nitrogens with one attached hydrogen (secondary N) is 1. The second-order valence-corrected chi connectivity index (χ2v) is 3.44. The molecular weight excluding hydrogens is 184 g/mol. The van der Waals surface area contributed by atoms with Crippen LogP contribution >= 0.6 is 11.3 Å². The molecule has 1 aromatic rings. The lowest BCUT2D eigenvalue weighted by molar-refractivity contribution is -0.120. The zero-order valence-corrected chi connectivity index (χ0v) is 8.15. The van der Waals surface area contributed by atoms with Crippen LogP contribution in [0.3, 0.4) is 0 Å². The van der Waals surface area contributed by atoms with Crippen LogP contribution < -0.4 is 5.32 Å². The summed E-state index contributed by atoms with van der Waals surface area (Å²) in [6.45, 7) is 2.53. The van der Waals surface area contributed by atoms with Gasteiger partial charge in [0.1, 0.15) is 6.42 Å².